The Bertz CT molecular complexity index is 316. The normalized spacial score (nSPS) is 37.4. The van der Waals surface area contributed by atoms with Gasteiger partial charge in [0.2, 0.25) is 0 Å². The molecule has 4 unspecified atom stereocenters. The van der Waals surface area contributed by atoms with Crippen molar-refractivity contribution in [3.63, 3.8) is 0 Å². The van der Waals surface area contributed by atoms with Crippen molar-refractivity contribution in [1.29, 1.82) is 0 Å². The summed E-state index contributed by atoms with van der Waals surface area (Å²) in [7, 11) is 1.35. The Kier molecular flexibility index (Phi) is 7.06. The minimum absolute atomic E-state index is 0.245. The fourth-order valence-corrected chi connectivity index (χ4v) is 6.73. The number of hydrogen-bond acceptors (Lipinski definition) is 2. The van der Waals surface area contributed by atoms with Crippen LogP contribution in [-0.2, 0) is 35.7 Å². The first-order valence-electron chi connectivity index (χ1n) is 7.48. The van der Waals surface area contributed by atoms with Crippen LogP contribution in [0.5, 0.6) is 0 Å². The van der Waals surface area contributed by atoms with E-state index in [1.165, 1.54) is 52.6 Å². The van der Waals surface area contributed by atoms with Gasteiger partial charge in [0.25, 0.3) is 0 Å². The molecule has 0 bridgehead atoms. The number of esters is 1. The fourth-order valence-electron chi connectivity index (χ4n) is 3.79. The molecule has 0 aromatic carbocycles. The number of fused-ring (bicyclic) bond motifs is 1. The van der Waals surface area contributed by atoms with Crippen LogP contribution in [0.3, 0.4) is 0 Å². The molecule has 2 nitrogen and oxygen atoms in total. The SMILES string of the molecule is C=C[C]1([Hg])CCCC2C(C)CCCC21.COC(C)=O. The van der Waals surface area contributed by atoms with Crippen LogP contribution in [0.1, 0.15) is 52.4 Å². The Morgan fingerprint density at radius 2 is 2.00 bits per heavy atom. The molecule has 0 spiro atoms. The molecular formula is C16H27HgO2. The Hall–Kier alpha value is 0.145. The van der Waals surface area contributed by atoms with Gasteiger partial charge < -0.3 is 4.74 Å². The Morgan fingerprint density at radius 1 is 1.37 bits per heavy atom. The van der Waals surface area contributed by atoms with Gasteiger partial charge in [-0.2, -0.15) is 0 Å². The van der Waals surface area contributed by atoms with E-state index in [1.807, 2.05) is 0 Å². The summed E-state index contributed by atoms with van der Waals surface area (Å²) in [6.07, 6.45) is 11.3. The van der Waals surface area contributed by atoms with E-state index >= 15 is 0 Å². The molecule has 0 amide bonds. The zero-order valence-corrected chi connectivity index (χ0v) is 18.3. The number of carbonyl (C=O) groups excluding carboxylic acids is 1. The molecule has 3 heteroatoms. The molecule has 2 saturated carbocycles. The first kappa shape index (κ1) is 17.2. The van der Waals surface area contributed by atoms with Crippen LogP contribution in [0.25, 0.3) is 0 Å². The van der Waals surface area contributed by atoms with E-state index in [4.69, 9.17) is 0 Å². The maximum absolute atomic E-state index is 9.59. The first-order valence-corrected chi connectivity index (χ1v) is 10.2. The van der Waals surface area contributed by atoms with E-state index < -0.39 is 0 Å². The number of rotatable bonds is 1. The number of allylic oxidation sites excluding steroid dienone is 1. The van der Waals surface area contributed by atoms with Crippen LogP contribution in [-0.4, -0.2) is 13.1 Å². The van der Waals surface area contributed by atoms with E-state index in [1.54, 1.807) is 0 Å². The quantitative estimate of drug-likeness (QED) is 0.337. The van der Waals surface area contributed by atoms with Gasteiger partial charge in [-0.1, -0.05) is 0 Å². The van der Waals surface area contributed by atoms with Crippen LogP contribution in [0.4, 0.5) is 0 Å². The number of hydrogen-bond donors (Lipinski definition) is 0. The van der Waals surface area contributed by atoms with Crippen LogP contribution in [0, 0.1) is 17.8 Å². The van der Waals surface area contributed by atoms with Crippen LogP contribution < -0.4 is 0 Å². The zero-order valence-electron chi connectivity index (χ0n) is 12.8. The van der Waals surface area contributed by atoms with Crippen molar-refractivity contribution >= 4 is 5.97 Å². The fraction of sp³-hybridized carbons (Fsp3) is 0.812. The molecular weight excluding hydrogens is 425 g/mol. The molecule has 0 N–H and O–H groups in total. The second kappa shape index (κ2) is 7.80. The predicted molar refractivity (Wildman–Crippen MR) is 74.4 cm³/mol. The molecule has 0 aliphatic heterocycles. The van der Waals surface area contributed by atoms with Gasteiger partial charge in [0.1, 0.15) is 0 Å². The molecule has 4 atom stereocenters. The minimum Gasteiger partial charge on any atom is -0.469 e. The molecule has 0 aromatic rings. The van der Waals surface area contributed by atoms with Crippen LogP contribution >= 0.6 is 0 Å². The first-order chi connectivity index (χ1) is 8.94. The summed E-state index contributed by atoms with van der Waals surface area (Å²) in [4.78, 5) is 9.59. The Morgan fingerprint density at radius 3 is 2.53 bits per heavy atom. The average molecular weight is 452 g/mol. The molecule has 0 radical (unpaired) electrons. The maximum Gasteiger partial charge on any atom is 0.302 e. The van der Waals surface area contributed by atoms with Gasteiger partial charge in [-0.3, -0.25) is 4.79 Å². The number of methoxy groups -OCH3 is 1. The van der Waals surface area contributed by atoms with E-state index in [-0.39, 0.29) is 5.97 Å². The summed E-state index contributed by atoms with van der Waals surface area (Å²) in [5.74, 6) is 2.83. The summed E-state index contributed by atoms with van der Waals surface area (Å²) in [5, 5.41) is 0. The van der Waals surface area contributed by atoms with Gasteiger partial charge >= 0.3 is 111 Å². The maximum atomic E-state index is 9.59. The van der Waals surface area contributed by atoms with Gasteiger partial charge in [-0.15, -0.1) is 0 Å². The molecule has 2 aliphatic carbocycles. The second-order valence-corrected chi connectivity index (χ2v) is 11.3. The van der Waals surface area contributed by atoms with E-state index in [2.05, 4.69) is 24.3 Å². The van der Waals surface area contributed by atoms with Crippen molar-refractivity contribution in [2.75, 3.05) is 7.11 Å². The molecule has 2 rings (SSSR count). The summed E-state index contributed by atoms with van der Waals surface area (Å²) in [6, 6.07) is 0. The molecule has 0 aromatic heterocycles. The van der Waals surface area contributed by atoms with Gasteiger partial charge in [0, 0.05) is 6.92 Å². The zero-order chi connectivity index (χ0) is 14.5. The van der Waals surface area contributed by atoms with Crippen molar-refractivity contribution in [2.45, 2.75) is 55.3 Å². The van der Waals surface area contributed by atoms with Crippen LogP contribution in [0.2, 0.25) is 2.92 Å². The van der Waals surface area contributed by atoms with E-state index in [0.29, 0.717) is 2.92 Å². The molecule has 19 heavy (non-hydrogen) atoms. The summed E-state index contributed by atoms with van der Waals surface area (Å²) in [5.41, 5.74) is 0. The standard InChI is InChI=1S/C13H21.C3H6O2.Hg/c1-3-11-7-5-8-12-10(2)6-4-9-13(11)12;1-3(4)5-2;/h3,10,12-13H,1,4-9H2,2H3;1-2H3;. The van der Waals surface area contributed by atoms with Crippen molar-refractivity contribution in [3.8, 4) is 0 Å². The van der Waals surface area contributed by atoms with Gasteiger partial charge in [0.05, 0.1) is 7.11 Å². The molecule has 0 heterocycles. The van der Waals surface area contributed by atoms with Crippen molar-refractivity contribution in [3.05, 3.63) is 12.7 Å². The van der Waals surface area contributed by atoms with Gasteiger partial charge in [-0.25, -0.2) is 0 Å². The van der Waals surface area contributed by atoms with E-state index in [0.717, 1.165) is 43.9 Å². The topological polar surface area (TPSA) is 26.3 Å². The average Bonchev–Trinajstić information content (AvgIpc) is 2.41. The summed E-state index contributed by atoms with van der Waals surface area (Å²) >= 11 is 0.877. The Labute approximate surface area is 134 Å². The largest absolute Gasteiger partial charge is 0.469 e. The third-order valence-corrected chi connectivity index (χ3v) is 9.57. The molecule has 0 saturated heterocycles. The minimum atomic E-state index is -0.245. The van der Waals surface area contributed by atoms with Crippen LogP contribution in [0.15, 0.2) is 12.7 Å². The second-order valence-electron chi connectivity index (χ2n) is 6.20. The van der Waals surface area contributed by atoms with Crippen molar-refractivity contribution < 1.29 is 35.7 Å². The molecule has 2 aliphatic rings. The number of carbonyl (C=O) groups is 1. The van der Waals surface area contributed by atoms with Gasteiger partial charge in [-0.05, 0) is 0 Å². The smallest absolute Gasteiger partial charge is 0.302 e. The number of ether oxygens (including phenoxy) is 1. The van der Waals surface area contributed by atoms with Crippen molar-refractivity contribution in [2.24, 2.45) is 17.8 Å². The summed E-state index contributed by atoms with van der Waals surface area (Å²) in [6.45, 7) is 7.97. The molecule has 105 valence electrons. The van der Waals surface area contributed by atoms with E-state index in [9.17, 15) is 4.79 Å². The monoisotopic (exact) mass is 453 g/mol. The van der Waals surface area contributed by atoms with Gasteiger partial charge in [0.15, 0.2) is 0 Å². The summed E-state index contributed by atoms with van der Waals surface area (Å²) < 4.78 is 4.76. The molecule has 2 fully saturated rings. The third-order valence-electron chi connectivity index (χ3n) is 5.03. The predicted octanol–water partition coefficient (Wildman–Crippen LogP) is 4.29. The third kappa shape index (κ3) is 4.58. The van der Waals surface area contributed by atoms with Crippen molar-refractivity contribution in [1.82, 2.24) is 0 Å². The Balaban J connectivity index is 0.000000312.